The summed E-state index contributed by atoms with van der Waals surface area (Å²) in [4.78, 5) is 2.32. The van der Waals surface area contributed by atoms with Gasteiger partial charge < -0.3 is 4.90 Å². The molecule has 0 radical (unpaired) electrons. The second-order valence-electron chi connectivity index (χ2n) is 5.79. The van der Waals surface area contributed by atoms with Crippen LogP contribution in [0.5, 0.6) is 0 Å². The van der Waals surface area contributed by atoms with E-state index >= 15 is 0 Å². The topological polar surface area (TPSA) is 27.0 Å². The highest BCUT2D eigenvalue weighted by Gasteiger charge is 2.19. The molecular weight excluding hydrogens is 208 g/mol. The smallest absolute Gasteiger partial charge is 0.101 e. The van der Waals surface area contributed by atoms with Crippen LogP contribution in [0.4, 0.5) is 5.69 Å². The molecule has 0 atom stereocenters. The van der Waals surface area contributed by atoms with Gasteiger partial charge in [-0.05, 0) is 36.0 Å². The summed E-state index contributed by atoms with van der Waals surface area (Å²) in [6, 6.07) is 8.67. The molecule has 1 fully saturated rings. The molecule has 2 rings (SSSR count). The van der Waals surface area contributed by atoms with E-state index < -0.39 is 0 Å². The summed E-state index contributed by atoms with van der Waals surface area (Å²) in [5.41, 5.74) is 3.27. The fourth-order valence-electron chi connectivity index (χ4n) is 2.33. The van der Waals surface area contributed by atoms with Crippen LogP contribution < -0.4 is 4.90 Å². The minimum atomic E-state index is 0.106. The van der Waals surface area contributed by atoms with Crippen molar-refractivity contribution in [3.8, 4) is 6.07 Å². The maximum Gasteiger partial charge on any atom is 0.101 e. The van der Waals surface area contributed by atoms with Gasteiger partial charge in [0.2, 0.25) is 0 Å². The van der Waals surface area contributed by atoms with Crippen LogP contribution >= 0.6 is 0 Å². The number of nitriles is 1. The van der Waals surface area contributed by atoms with Gasteiger partial charge in [0.05, 0.1) is 11.3 Å². The number of anilines is 1. The first-order chi connectivity index (χ1) is 8.02. The second-order valence-corrected chi connectivity index (χ2v) is 5.79. The summed E-state index contributed by atoms with van der Waals surface area (Å²) in [5.74, 6) is 0. The van der Waals surface area contributed by atoms with Crippen molar-refractivity contribution in [2.45, 2.75) is 39.0 Å². The molecule has 1 aromatic carbocycles. The average molecular weight is 228 g/mol. The van der Waals surface area contributed by atoms with E-state index in [9.17, 15) is 5.26 Å². The molecule has 0 spiro atoms. The van der Waals surface area contributed by atoms with E-state index in [1.54, 1.807) is 0 Å². The zero-order chi connectivity index (χ0) is 12.5. The van der Waals surface area contributed by atoms with E-state index in [1.165, 1.54) is 18.4 Å². The molecule has 90 valence electrons. The Morgan fingerprint density at radius 1 is 1.18 bits per heavy atom. The van der Waals surface area contributed by atoms with Crippen molar-refractivity contribution in [2.24, 2.45) is 0 Å². The highest BCUT2D eigenvalue weighted by atomic mass is 15.1. The van der Waals surface area contributed by atoms with Gasteiger partial charge in [-0.15, -0.1) is 0 Å². The molecule has 17 heavy (non-hydrogen) atoms. The first kappa shape index (κ1) is 12.0. The van der Waals surface area contributed by atoms with Crippen molar-refractivity contribution in [1.82, 2.24) is 0 Å². The molecule has 0 saturated carbocycles. The third-order valence-corrected chi connectivity index (χ3v) is 3.43. The van der Waals surface area contributed by atoms with Gasteiger partial charge in [-0.25, -0.2) is 0 Å². The highest BCUT2D eigenvalue weighted by molar-refractivity contribution is 5.61. The summed E-state index contributed by atoms with van der Waals surface area (Å²) < 4.78 is 0. The third-order valence-electron chi connectivity index (χ3n) is 3.43. The van der Waals surface area contributed by atoms with Crippen molar-refractivity contribution in [3.05, 3.63) is 29.3 Å². The Kier molecular flexibility index (Phi) is 3.11. The van der Waals surface area contributed by atoms with Crippen LogP contribution in [0.25, 0.3) is 0 Å². The Bertz CT molecular complexity index is 443. The van der Waals surface area contributed by atoms with Gasteiger partial charge in [-0.1, -0.05) is 26.8 Å². The number of hydrogen-bond donors (Lipinski definition) is 0. The van der Waals surface area contributed by atoms with E-state index in [4.69, 9.17) is 0 Å². The Morgan fingerprint density at radius 3 is 2.35 bits per heavy atom. The van der Waals surface area contributed by atoms with Crippen molar-refractivity contribution in [2.75, 3.05) is 18.0 Å². The predicted molar refractivity (Wildman–Crippen MR) is 71.3 cm³/mol. The average Bonchev–Trinajstić information content (AvgIpc) is 2.80. The van der Waals surface area contributed by atoms with Gasteiger partial charge >= 0.3 is 0 Å². The van der Waals surface area contributed by atoms with Crippen molar-refractivity contribution >= 4 is 5.69 Å². The fraction of sp³-hybridized carbons (Fsp3) is 0.533. The van der Waals surface area contributed by atoms with Crippen LogP contribution in [0.2, 0.25) is 0 Å². The van der Waals surface area contributed by atoms with Gasteiger partial charge in [-0.3, -0.25) is 0 Å². The zero-order valence-electron chi connectivity index (χ0n) is 11.0. The molecule has 1 aliphatic rings. The predicted octanol–water partition coefficient (Wildman–Crippen LogP) is 3.46. The summed E-state index contributed by atoms with van der Waals surface area (Å²) in [7, 11) is 0. The lowest BCUT2D eigenvalue weighted by Gasteiger charge is -2.23. The maximum atomic E-state index is 9.29. The van der Waals surface area contributed by atoms with Crippen LogP contribution in [0.3, 0.4) is 0 Å². The molecule has 0 amide bonds. The molecule has 0 unspecified atom stereocenters. The molecule has 0 bridgehead atoms. The van der Waals surface area contributed by atoms with Crippen LogP contribution in [-0.4, -0.2) is 13.1 Å². The maximum absolute atomic E-state index is 9.29. The van der Waals surface area contributed by atoms with Crippen LogP contribution in [0.15, 0.2) is 18.2 Å². The van der Waals surface area contributed by atoms with Crippen LogP contribution in [0.1, 0.15) is 44.7 Å². The normalized spacial score (nSPS) is 16.0. The second kappa shape index (κ2) is 4.41. The molecule has 1 aliphatic heterocycles. The molecular formula is C15H20N2. The molecule has 1 aromatic rings. The van der Waals surface area contributed by atoms with Crippen molar-refractivity contribution in [3.63, 3.8) is 0 Å². The standard InChI is InChI=1S/C15H20N2/c1-15(2,3)13-6-7-14(12(10-13)11-16)17-8-4-5-9-17/h6-7,10H,4-5,8-9H2,1-3H3. The number of nitrogens with zero attached hydrogens (tertiary/aromatic N) is 2. The van der Waals surface area contributed by atoms with E-state index in [-0.39, 0.29) is 5.41 Å². The Morgan fingerprint density at radius 2 is 1.82 bits per heavy atom. The van der Waals surface area contributed by atoms with Gasteiger partial charge in [0, 0.05) is 13.1 Å². The molecule has 2 heteroatoms. The lowest BCUT2D eigenvalue weighted by atomic mass is 9.86. The first-order valence-corrected chi connectivity index (χ1v) is 6.32. The fourth-order valence-corrected chi connectivity index (χ4v) is 2.33. The number of benzene rings is 1. The summed E-state index contributed by atoms with van der Waals surface area (Å²) in [6.07, 6.45) is 2.48. The largest absolute Gasteiger partial charge is 0.370 e. The number of rotatable bonds is 1. The van der Waals surface area contributed by atoms with Gasteiger partial charge in [0.1, 0.15) is 6.07 Å². The molecule has 2 nitrogen and oxygen atoms in total. The van der Waals surface area contributed by atoms with Crippen LogP contribution in [-0.2, 0) is 5.41 Å². The summed E-state index contributed by atoms with van der Waals surface area (Å²) in [5, 5.41) is 9.29. The molecule has 0 aromatic heterocycles. The van der Waals surface area contributed by atoms with Gasteiger partial charge in [0.25, 0.3) is 0 Å². The summed E-state index contributed by atoms with van der Waals surface area (Å²) >= 11 is 0. The third kappa shape index (κ3) is 2.44. The molecule has 0 aliphatic carbocycles. The minimum absolute atomic E-state index is 0.106. The number of hydrogen-bond acceptors (Lipinski definition) is 2. The quantitative estimate of drug-likeness (QED) is 0.736. The van der Waals surface area contributed by atoms with Gasteiger partial charge in [-0.2, -0.15) is 5.26 Å². The minimum Gasteiger partial charge on any atom is -0.370 e. The molecule has 0 N–H and O–H groups in total. The van der Waals surface area contributed by atoms with E-state index in [0.29, 0.717) is 0 Å². The van der Waals surface area contributed by atoms with Gasteiger partial charge in [0.15, 0.2) is 0 Å². The van der Waals surface area contributed by atoms with E-state index in [1.807, 2.05) is 6.07 Å². The monoisotopic (exact) mass is 228 g/mol. The Labute approximate surface area is 104 Å². The zero-order valence-corrected chi connectivity index (χ0v) is 11.0. The van der Waals surface area contributed by atoms with E-state index in [2.05, 4.69) is 43.9 Å². The van der Waals surface area contributed by atoms with Crippen molar-refractivity contribution < 1.29 is 0 Å². The molecule has 1 heterocycles. The highest BCUT2D eigenvalue weighted by Crippen LogP contribution is 2.29. The van der Waals surface area contributed by atoms with Crippen LogP contribution in [0, 0.1) is 11.3 Å². The van der Waals surface area contributed by atoms with E-state index in [0.717, 1.165) is 24.3 Å². The lowest BCUT2D eigenvalue weighted by Crippen LogP contribution is -2.19. The first-order valence-electron chi connectivity index (χ1n) is 6.32. The Balaban J connectivity index is 2.39. The summed E-state index contributed by atoms with van der Waals surface area (Å²) in [6.45, 7) is 8.71. The lowest BCUT2D eigenvalue weighted by molar-refractivity contribution is 0.590. The molecule has 1 saturated heterocycles. The van der Waals surface area contributed by atoms with Crippen molar-refractivity contribution in [1.29, 1.82) is 5.26 Å². The SMILES string of the molecule is CC(C)(C)c1ccc(N2CCCC2)c(C#N)c1. The Hall–Kier alpha value is -1.49.